The van der Waals surface area contributed by atoms with Crippen molar-refractivity contribution in [3.05, 3.63) is 59.1 Å². The Hall–Kier alpha value is -2.00. The minimum Gasteiger partial charge on any atom is -0.355 e. The summed E-state index contributed by atoms with van der Waals surface area (Å²) in [7, 11) is 0. The molecule has 0 saturated heterocycles. The number of rotatable bonds is 3. The van der Waals surface area contributed by atoms with Crippen molar-refractivity contribution in [3.8, 4) is 0 Å². The normalized spacial score (nSPS) is 9.94. The molecule has 0 spiro atoms. The summed E-state index contributed by atoms with van der Waals surface area (Å²) < 4.78 is 0. The molecule has 1 amide bonds. The Kier molecular flexibility index (Phi) is 3.30. The van der Waals surface area contributed by atoms with Crippen LogP contribution in [0.15, 0.2) is 48.5 Å². The van der Waals surface area contributed by atoms with Gasteiger partial charge in [-0.1, -0.05) is 29.8 Å². The quantitative estimate of drug-likeness (QED) is 0.900. The van der Waals surface area contributed by atoms with E-state index in [-0.39, 0.29) is 5.56 Å². The molecule has 0 unspecified atom stereocenters. The Morgan fingerprint density at radius 3 is 2.47 bits per heavy atom. The number of hydrogen-bond acceptors (Lipinski definition) is 2. The van der Waals surface area contributed by atoms with E-state index in [4.69, 9.17) is 17.3 Å². The molecule has 0 aliphatic rings. The van der Waals surface area contributed by atoms with Crippen LogP contribution < -0.4 is 11.1 Å². The van der Waals surface area contributed by atoms with Crippen LogP contribution in [-0.4, -0.2) is 5.91 Å². The van der Waals surface area contributed by atoms with E-state index in [1.54, 1.807) is 12.1 Å². The summed E-state index contributed by atoms with van der Waals surface area (Å²) in [6.07, 6.45) is 0. The van der Waals surface area contributed by atoms with Gasteiger partial charge in [-0.25, -0.2) is 0 Å². The molecule has 0 fully saturated rings. The van der Waals surface area contributed by atoms with Crippen molar-refractivity contribution < 1.29 is 4.79 Å². The summed E-state index contributed by atoms with van der Waals surface area (Å²) in [5.74, 6) is -0.758. The number of halogens is 1. The van der Waals surface area contributed by atoms with Crippen molar-refractivity contribution >= 4 is 28.9 Å². The van der Waals surface area contributed by atoms with E-state index in [9.17, 15) is 4.79 Å². The molecule has 1 radical (unpaired) electrons. The summed E-state index contributed by atoms with van der Waals surface area (Å²) in [5.41, 5.74) is 8.89. The maximum atomic E-state index is 11.2. The minimum atomic E-state index is -0.758. The molecule has 17 heavy (non-hydrogen) atoms. The predicted octanol–water partition coefficient (Wildman–Crippen LogP) is 3.51. The first-order chi connectivity index (χ1) is 8.16. The van der Waals surface area contributed by atoms with E-state index >= 15 is 0 Å². The van der Waals surface area contributed by atoms with Gasteiger partial charge in [0.2, 0.25) is 0 Å². The number of carbonyl (C=O) groups is 1. The highest BCUT2D eigenvalue weighted by molar-refractivity contribution is 6.31. The Balaban J connectivity index is 2.36. The van der Waals surface area contributed by atoms with Gasteiger partial charge in [0.25, 0.3) is 5.91 Å². The smallest absolute Gasteiger partial charge is 0.271 e. The van der Waals surface area contributed by atoms with Gasteiger partial charge in [-0.05, 0) is 30.3 Å². The fourth-order valence-electron chi connectivity index (χ4n) is 1.49. The molecule has 0 bridgehead atoms. The molecule has 0 aromatic heterocycles. The highest BCUT2D eigenvalue weighted by Crippen LogP contribution is 2.24. The van der Waals surface area contributed by atoms with E-state index in [0.717, 1.165) is 5.69 Å². The molecule has 2 aromatic carbocycles. The van der Waals surface area contributed by atoms with E-state index in [1.807, 2.05) is 30.3 Å². The third-order valence-electron chi connectivity index (χ3n) is 2.28. The second kappa shape index (κ2) is 4.89. The van der Waals surface area contributed by atoms with E-state index < -0.39 is 5.91 Å². The van der Waals surface area contributed by atoms with Crippen LogP contribution in [0.3, 0.4) is 0 Å². The number of hydrogen-bond donors (Lipinski definition) is 1. The molecule has 2 N–H and O–H groups in total. The predicted molar refractivity (Wildman–Crippen MR) is 68.6 cm³/mol. The molecule has 0 aliphatic carbocycles. The SMILES string of the molecule is [NH]C(=O)c1cc(Cl)ccc1Nc1ccccc1. The fourth-order valence-corrected chi connectivity index (χ4v) is 1.66. The molecule has 85 valence electrons. The molecule has 0 heterocycles. The minimum absolute atomic E-state index is 0.265. The maximum Gasteiger partial charge on any atom is 0.271 e. The molecule has 4 heteroatoms. The number of amides is 1. The summed E-state index contributed by atoms with van der Waals surface area (Å²) in [6.45, 7) is 0. The van der Waals surface area contributed by atoms with Crippen LogP contribution >= 0.6 is 11.6 Å². The van der Waals surface area contributed by atoms with Crippen LogP contribution in [0.4, 0.5) is 11.4 Å². The standard InChI is InChI=1S/C13H10ClN2O/c14-9-6-7-12(11(8-9)13(15)17)16-10-4-2-1-3-5-10/h1-8,15-16H. The zero-order valence-electron chi connectivity index (χ0n) is 8.91. The highest BCUT2D eigenvalue weighted by atomic mass is 35.5. The fraction of sp³-hybridized carbons (Fsp3) is 0. The lowest BCUT2D eigenvalue weighted by Gasteiger charge is -2.09. The Morgan fingerprint density at radius 2 is 1.82 bits per heavy atom. The van der Waals surface area contributed by atoms with Crippen molar-refractivity contribution in [3.63, 3.8) is 0 Å². The topological polar surface area (TPSA) is 52.9 Å². The zero-order chi connectivity index (χ0) is 12.3. The lowest BCUT2D eigenvalue weighted by molar-refractivity contribution is 0.0993. The lowest BCUT2D eigenvalue weighted by Crippen LogP contribution is -2.04. The van der Waals surface area contributed by atoms with Crippen LogP contribution in [0.2, 0.25) is 5.02 Å². The molecule has 2 rings (SSSR count). The Morgan fingerprint density at radius 1 is 1.12 bits per heavy atom. The van der Waals surface area contributed by atoms with Crippen molar-refractivity contribution in [1.29, 1.82) is 0 Å². The van der Waals surface area contributed by atoms with Gasteiger partial charge >= 0.3 is 0 Å². The molecular formula is C13H10ClN2O. The van der Waals surface area contributed by atoms with Crippen LogP contribution in [0, 0.1) is 0 Å². The van der Waals surface area contributed by atoms with Gasteiger partial charge in [0, 0.05) is 10.7 Å². The van der Waals surface area contributed by atoms with Gasteiger partial charge < -0.3 is 5.32 Å². The summed E-state index contributed by atoms with van der Waals surface area (Å²) in [4.78, 5) is 11.2. The monoisotopic (exact) mass is 245 g/mol. The van der Waals surface area contributed by atoms with Crippen LogP contribution in [-0.2, 0) is 0 Å². The first-order valence-electron chi connectivity index (χ1n) is 5.04. The number of para-hydroxylation sites is 1. The summed E-state index contributed by atoms with van der Waals surface area (Å²) in [6, 6.07) is 14.3. The summed E-state index contributed by atoms with van der Waals surface area (Å²) >= 11 is 5.80. The molecule has 0 aliphatic heterocycles. The molecular weight excluding hydrogens is 236 g/mol. The first kappa shape index (κ1) is 11.5. The molecule has 2 aromatic rings. The van der Waals surface area contributed by atoms with Gasteiger partial charge in [-0.3, -0.25) is 10.5 Å². The maximum absolute atomic E-state index is 11.2. The van der Waals surface area contributed by atoms with E-state index in [1.165, 1.54) is 6.07 Å². The summed E-state index contributed by atoms with van der Waals surface area (Å²) in [5, 5.41) is 3.53. The van der Waals surface area contributed by atoms with Crippen LogP contribution in [0.25, 0.3) is 0 Å². The van der Waals surface area contributed by atoms with Crippen molar-refractivity contribution in [1.82, 2.24) is 5.73 Å². The largest absolute Gasteiger partial charge is 0.355 e. The van der Waals surface area contributed by atoms with E-state index in [0.29, 0.717) is 10.7 Å². The second-order valence-electron chi connectivity index (χ2n) is 3.51. The molecule has 0 saturated carbocycles. The number of carbonyl (C=O) groups excluding carboxylic acids is 1. The first-order valence-corrected chi connectivity index (χ1v) is 5.42. The lowest BCUT2D eigenvalue weighted by atomic mass is 10.1. The Bertz CT molecular complexity index is 540. The average molecular weight is 246 g/mol. The Labute approximate surface area is 104 Å². The van der Waals surface area contributed by atoms with Crippen LogP contribution in [0.5, 0.6) is 0 Å². The van der Waals surface area contributed by atoms with Gasteiger partial charge in [-0.15, -0.1) is 0 Å². The van der Waals surface area contributed by atoms with Gasteiger partial charge in [0.1, 0.15) is 0 Å². The third-order valence-corrected chi connectivity index (χ3v) is 2.51. The number of benzene rings is 2. The number of anilines is 2. The zero-order valence-corrected chi connectivity index (χ0v) is 9.66. The van der Waals surface area contributed by atoms with Crippen molar-refractivity contribution in [2.75, 3.05) is 5.32 Å². The van der Waals surface area contributed by atoms with Crippen molar-refractivity contribution in [2.45, 2.75) is 0 Å². The van der Waals surface area contributed by atoms with Gasteiger partial charge in [-0.2, -0.15) is 0 Å². The molecule has 0 atom stereocenters. The van der Waals surface area contributed by atoms with Crippen LogP contribution in [0.1, 0.15) is 10.4 Å². The van der Waals surface area contributed by atoms with Crippen molar-refractivity contribution in [2.24, 2.45) is 0 Å². The van der Waals surface area contributed by atoms with Gasteiger partial charge in [0.05, 0.1) is 11.3 Å². The average Bonchev–Trinajstić information content (AvgIpc) is 2.32. The number of nitrogens with one attached hydrogen (secondary N) is 2. The molecule has 3 nitrogen and oxygen atoms in total. The third kappa shape index (κ3) is 2.77. The van der Waals surface area contributed by atoms with Gasteiger partial charge in [0.15, 0.2) is 0 Å². The van der Waals surface area contributed by atoms with E-state index in [2.05, 4.69) is 5.32 Å². The highest BCUT2D eigenvalue weighted by Gasteiger charge is 2.09. The second-order valence-corrected chi connectivity index (χ2v) is 3.95.